The van der Waals surface area contributed by atoms with Crippen LogP contribution in [-0.2, 0) is 11.3 Å². The molecule has 3 rings (SSSR count). The standard InChI is InChI=1S/C15H20N2OS/c1-11(12-6-8-18-9-7-12)16-10-15-17-13-4-2-3-5-14(13)19-15/h2-5,11-12,16H,6-10H2,1H3. The van der Waals surface area contributed by atoms with E-state index in [-0.39, 0.29) is 0 Å². The van der Waals surface area contributed by atoms with Gasteiger partial charge in [-0.2, -0.15) is 0 Å². The molecule has 4 heteroatoms. The van der Waals surface area contributed by atoms with Gasteiger partial charge in [-0.05, 0) is 37.8 Å². The molecule has 1 saturated heterocycles. The molecule has 2 aromatic rings. The molecule has 19 heavy (non-hydrogen) atoms. The molecule has 0 aliphatic carbocycles. The number of fused-ring (bicyclic) bond motifs is 1. The second-order valence-corrected chi connectivity index (χ2v) is 6.31. The molecular formula is C15H20N2OS. The normalized spacial score (nSPS) is 18.8. The summed E-state index contributed by atoms with van der Waals surface area (Å²) in [5, 5.41) is 4.80. The van der Waals surface area contributed by atoms with Crippen LogP contribution in [0.3, 0.4) is 0 Å². The van der Waals surface area contributed by atoms with Gasteiger partial charge in [-0.25, -0.2) is 4.98 Å². The number of nitrogens with zero attached hydrogens (tertiary/aromatic N) is 1. The second kappa shape index (κ2) is 5.99. The number of aromatic nitrogens is 1. The fourth-order valence-corrected chi connectivity index (χ4v) is 3.54. The first-order chi connectivity index (χ1) is 9.33. The monoisotopic (exact) mass is 276 g/mol. The third-order valence-electron chi connectivity index (χ3n) is 3.89. The van der Waals surface area contributed by atoms with Crippen LogP contribution in [-0.4, -0.2) is 24.2 Å². The minimum absolute atomic E-state index is 0.538. The first kappa shape index (κ1) is 13.0. The predicted octanol–water partition coefficient (Wildman–Crippen LogP) is 3.20. The highest BCUT2D eigenvalue weighted by Crippen LogP contribution is 2.22. The van der Waals surface area contributed by atoms with Crippen molar-refractivity contribution in [3.05, 3.63) is 29.3 Å². The number of ether oxygens (including phenoxy) is 1. The maximum Gasteiger partial charge on any atom is 0.108 e. The summed E-state index contributed by atoms with van der Waals surface area (Å²) in [6, 6.07) is 8.87. The summed E-state index contributed by atoms with van der Waals surface area (Å²) >= 11 is 1.79. The number of nitrogens with one attached hydrogen (secondary N) is 1. The van der Waals surface area contributed by atoms with Crippen LogP contribution in [0.15, 0.2) is 24.3 Å². The van der Waals surface area contributed by atoms with Gasteiger partial charge in [0.25, 0.3) is 0 Å². The Morgan fingerprint density at radius 1 is 1.37 bits per heavy atom. The molecule has 1 aromatic carbocycles. The van der Waals surface area contributed by atoms with Crippen molar-refractivity contribution in [3.63, 3.8) is 0 Å². The van der Waals surface area contributed by atoms with Crippen LogP contribution in [0.2, 0.25) is 0 Å². The lowest BCUT2D eigenvalue weighted by molar-refractivity contribution is 0.0558. The van der Waals surface area contributed by atoms with Crippen molar-refractivity contribution in [2.24, 2.45) is 5.92 Å². The van der Waals surface area contributed by atoms with E-state index < -0.39 is 0 Å². The number of benzene rings is 1. The minimum atomic E-state index is 0.538. The zero-order valence-corrected chi connectivity index (χ0v) is 12.1. The highest BCUT2D eigenvalue weighted by molar-refractivity contribution is 7.18. The number of hydrogen-bond donors (Lipinski definition) is 1. The van der Waals surface area contributed by atoms with Gasteiger partial charge in [0, 0.05) is 25.8 Å². The Morgan fingerprint density at radius 3 is 2.95 bits per heavy atom. The maximum atomic E-state index is 5.41. The average Bonchev–Trinajstić information content (AvgIpc) is 2.88. The summed E-state index contributed by atoms with van der Waals surface area (Å²) in [5.74, 6) is 0.739. The SMILES string of the molecule is CC(NCc1nc2ccccc2s1)C1CCOCC1. The smallest absolute Gasteiger partial charge is 0.108 e. The Kier molecular flexibility index (Phi) is 4.11. The molecule has 1 N–H and O–H groups in total. The van der Waals surface area contributed by atoms with Crippen LogP contribution in [0.25, 0.3) is 10.2 Å². The Labute approximate surface area is 118 Å². The molecule has 1 aliphatic rings. The summed E-state index contributed by atoms with van der Waals surface area (Å²) in [6.45, 7) is 4.98. The van der Waals surface area contributed by atoms with Crippen molar-refractivity contribution in [2.75, 3.05) is 13.2 Å². The molecule has 1 aromatic heterocycles. The van der Waals surface area contributed by atoms with Crippen LogP contribution >= 0.6 is 11.3 Å². The van der Waals surface area contributed by atoms with Crippen LogP contribution in [0.1, 0.15) is 24.8 Å². The quantitative estimate of drug-likeness (QED) is 0.931. The summed E-state index contributed by atoms with van der Waals surface area (Å²) in [4.78, 5) is 4.66. The van der Waals surface area contributed by atoms with E-state index in [0.29, 0.717) is 6.04 Å². The third kappa shape index (κ3) is 3.14. The lowest BCUT2D eigenvalue weighted by Crippen LogP contribution is -2.36. The van der Waals surface area contributed by atoms with Crippen molar-refractivity contribution < 1.29 is 4.74 Å². The van der Waals surface area contributed by atoms with E-state index in [2.05, 4.69) is 35.4 Å². The number of hydrogen-bond acceptors (Lipinski definition) is 4. The Bertz CT molecular complexity index is 501. The molecule has 1 unspecified atom stereocenters. The largest absolute Gasteiger partial charge is 0.381 e. The van der Waals surface area contributed by atoms with Crippen molar-refractivity contribution in [3.8, 4) is 0 Å². The number of rotatable bonds is 4. The Morgan fingerprint density at radius 2 is 2.16 bits per heavy atom. The van der Waals surface area contributed by atoms with E-state index in [9.17, 15) is 0 Å². The van der Waals surface area contributed by atoms with E-state index >= 15 is 0 Å². The zero-order chi connectivity index (χ0) is 13.1. The summed E-state index contributed by atoms with van der Waals surface area (Å²) < 4.78 is 6.69. The molecule has 1 atom stereocenters. The van der Waals surface area contributed by atoms with Gasteiger partial charge in [-0.15, -0.1) is 11.3 Å². The van der Waals surface area contributed by atoms with E-state index in [1.54, 1.807) is 11.3 Å². The fourth-order valence-electron chi connectivity index (χ4n) is 2.63. The van der Waals surface area contributed by atoms with Crippen molar-refractivity contribution in [2.45, 2.75) is 32.4 Å². The summed E-state index contributed by atoms with van der Waals surface area (Å²) in [6.07, 6.45) is 2.35. The van der Waals surface area contributed by atoms with Crippen LogP contribution < -0.4 is 5.32 Å². The van der Waals surface area contributed by atoms with E-state index in [4.69, 9.17) is 4.74 Å². The Balaban J connectivity index is 1.58. The van der Waals surface area contributed by atoms with Crippen molar-refractivity contribution in [1.82, 2.24) is 10.3 Å². The van der Waals surface area contributed by atoms with Gasteiger partial charge in [0.2, 0.25) is 0 Å². The molecule has 0 saturated carbocycles. The zero-order valence-electron chi connectivity index (χ0n) is 11.3. The molecule has 1 aliphatic heterocycles. The summed E-state index contributed by atoms with van der Waals surface area (Å²) in [5.41, 5.74) is 1.11. The lowest BCUT2D eigenvalue weighted by atomic mass is 9.93. The number of para-hydroxylation sites is 1. The van der Waals surface area contributed by atoms with Gasteiger partial charge in [-0.3, -0.25) is 0 Å². The number of thiazole rings is 1. The van der Waals surface area contributed by atoms with Crippen LogP contribution in [0.4, 0.5) is 0 Å². The van der Waals surface area contributed by atoms with Crippen molar-refractivity contribution in [1.29, 1.82) is 0 Å². The molecule has 3 nitrogen and oxygen atoms in total. The minimum Gasteiger partial charge on any atom is -0.381 e. The second-order valence-electron chi connectivity index (χ2n) is 5.19. The van der Waals surface area contributed by atoms with Crippen molar-refractivity contribution >= 4 is 21.6 Å². The van der Waals surface area contributed by atoms with Gasteiger partial charge in [0.05, 0.1) is 10.2 Å². The fraction of sp³-hybridized carbons (Fsp3) is 0.533. The van der Waals surface area contributed by atoms with Gasteiger partial charge >= 0.3 is 0 Å². The first-order valence-corrected chi connectivity index (χ1v) is 7.80. The van der Waals surface area contributed by atoms with Gasteiger partial charge in [-0.1, -0.05) is 12.1 Å². The predicted molar refractivity (Wildman–Crippen MR) is 79.5 cm³/mol. The molecule has 0 amide bonds. The summed E-state index contributed by atoms with van der Waals surface area (Å²) in [7, 11) is 0. The van der Waals surface area contributed by atoms with E-state index in [1.807, 2.05) is 6.07 Å². The van der Waals surface area contributed by atoms with E-state index in [0.717, 1.165) is 31.2 Å². The average molecular weight is 276 g/mol. The molecular weight excluding hydrogens is 256 g/mol. The first-order valence-electron chi connectivity index (χ1n) is 6.98. The lowest BCUT2D eigenvalue weighted by Gasteiger charge is -2.28. The van der Waals surface area contributed by atoms with Crippen LogP contribution in [0.5, 0.6) is 0 Å². The molecule has 0 spiro atoms. The molecule has 1 fully saturated rings. The van der Waals surface area contributed by atoms with Crippen LogP contribution in [0, 0.1) is 5.92 Å². The van der Waals surface area contributed by atoms with E-state index in [1.165, 1.54) is 22.5 Å². The third-order valence-corrected chi connectivity index (χ3v) is 4.92. The van der Waals surface area contributed by atoms with Gasteiger partial charge < -0.3 is 10.1 Å². The maximum absolute atomic E-state index is 5.41. The highest BCUT2D eigenvalue weighted by atomic mass is 32.1. The van der Waals surface area contributed by atoms with Gasteiger partial charge in [0.1, 0.15) is 5.01 Å². The molecule has 102 valence electrons. The highest BCUT2D eigenvalue weighted by Gasteiger charge is 2.20. The topological polar surface area (TPSA) is 34.2 Å². The molecule has 0 bridgehead atoms. The molecule has 2 heterocycles. The van der Waals surface area contributed by atoms with Gasteiger partial charge in [0.15, 0.2) is 0 Å². The molecule has 0 radical (unpaired) electrons. The Hall–Kier alpha value is -0.970.